The van der Waals surface area contributed by atoms with E-state index in [-0.39, 0.29) is 10.8 Å². The second-order valence-electron chi connectivity index (χ2n) is 4.11. The molecule has 1 aromatic carbocycles. The highest BCUT2D eigenvalue weighted by atomic mass is 35.5. The normalized spacial score (nSPS) is 12.1. The van der Waals surface area contributed by atoms with E-state index in [0.29, 0.717) is 16.0 Å². The first-order valence-corrected chi connectivity index (χ1v) is 6.87. The summed E-state index contributed by atoms with van der Waals surface area (Å²) < 4.78 is 0. The Bertz CT molecular complexity index is 620. The smallest absolute Gasteiger partial charge is 0.310 e. The van der Waals surface area contributed by atoms with Crippen LogP contribution in [0.1, 0.15) is 33.6 Å². The number of carbonyl (C=O) groups excluding carboxylic acids is 1. The van der Waals surface area contributed by atoms with Gasteiger partial charge in [0.25, 0.3) is 0 Å². The number of ketones is 1. The van der Waals surface area contributed by atoms with E-state index in [1.54, 1.807) is 37.3 Å². The Kier molecular flexibility index (Phi) is 4.02. The second-order valence-corrected chi connectivity index (χ2v) is 5.46. The molecule has 0 saturated carbocycles. The van der Waals surface area contributed by atoms with Crippen LogP contribution in [0.2, 0.25) is 5.02 Å². The maximum Gasteiger partial charge on any atom is 0.310 e. The number of aliphatic carboxylic acids is 1. The molecule has 0 saturated heterocycles. The average Bonchev–Trinajstić information content (AvgIpc) is 2.90. The van der Waals surface area contributed by atoms with Crippen molar-refractivity contribution in [3.8, 4) is 0 Å². The molecule has 2 aromatic rings. The summed E-state index contributed by atoms with van der Waals surface area (Å²) >= 11 is 7.43. The minimum atomic E-state index is -0.923. The lowest BCUT2D eigenvalue weighted by atomic mass is 9.98. The van der Waals surface area contributed by atoms with Crippen LogP contribution >= 0.6 is 22.9 Å². The molecular weight excluding hydrogens is 284 g/mol. The molecule has 1 N–H and O–H groups in total. The summed E-state index contributed by atoms with van der Waals surface area (Å²) in [4.78, 5) is 23.7. The minimum Gasteiger partial charge on any atom is -0.481 e. The van der Waals surface area contributed by atoms with E-state index < -0.39 is 11.9 Å². The summed E-state index contributed by atoms with van der Waals surface area (Å²) in [6.45, 7) is 1.58. The van der Waals surface area contributed by atoms with E-state index in [1.165, 1.54) is 11.3 Å². The molecule has 0 radical (unpaired) electrons. The summed E-state index contributed by atoms with van der Waals surface area (Å²) in [6.07, 6.45) is 0. The number of carboxylic acids is 1. The van der Waals surface area contributed by atoms with Gasteiger partial charge in [-0.25, -0.2) is 0 Å². The van der Waals surface area contributed by atoms with Crippen molar-refractivity contribution < 1.29 is 14.7 Å². The lowest BCUT2D eigenvalue weighted by Gasteiger charge is -2.09. The number of hydrogen-bond acceptors (Lipinski definition) is 3. The van der Waals surface area contributed by atoms with Crippen LogP contribution in [0.3, 0.4) is 0 Å². The highest BCUT2D eigenvalue weighted by Gasteiger charge is 2.18. The predicted molar refractivity (Wildman–Crippen MR) is 75.3 cm³/mol. The van der Waals surface area contributed by atoms with Gasteiger partial charge in [-0.2, -0.15) is 0 Å². The summed E-state index contributed by atoms with van der Waals surface area (Å²) in [5, 5.41) is 11.0. The fraction of sp³-hybridized carbons (Fsp3) is 0.143. The molecule has 98 valence electrons. The predicted octanol–water partition coefficient (Wildman–Crippen LogP) is 3.82. The Hall–Kier alpha value is -1.65. The first kappa shape index (κ1) is 13.8. The van der Waals surface area contributed by atoms with E-state index in [4.69, 9.17) is 16.7 Å². The largest absolute Gasteiger partial charge is 0.481 e. The van der Waals surface area contributed by atoms with Crippen LogP contribution in [0, 0.1) is 0 Å². The summed E-state index contributed by atoms with van der Waals surface area (Å²) in [5.41, 5.74) is 0.977. The molecule has 5 heteroatoms. The van der Waals surface area contributed by atoms with Crippen LogP contribution < -0.4 is 0 Å². The van der Waals surface area contributed by atoms with Gasteiger partial charge in [0.1, 0.15) is 0 Å². The van der Waals surface area contributed by atoms with Crippen LogP contribution in [0.5, 0.6) is 0 Å². The second kappa shape index (κ2) is 5.55. The average molecular weight is 295 g/mol. The van der Waals surface area contributed by atoms with Gasteiger partial charge in [-0.15, -0.1) is 11.3 Å². The van der Waals surface area contributed by atoms with Gasteiger partial charge >= 0.3 is 5.97 Å². The van der Waals surface area contributed by atoms with Crippen molar-refractivity contribution in [2.45, 2.75) is 12.8 Å². The Morgan fingerprint density at radius 1 is 1.32 bits per heavy atom. The van der Waals surface area contributed by atoms with Crippen LogP contribution in [0.15, 0.2) is 35.7 Å². The molecule has 2 rings (SSSR count). The number of benzene rings is 1. The van der Waals surface area contributed by atoms with E-state index in [2.05, 4.69) is 0 Å². The van der Waals surface area contributed by atoms with Gasteiger partial charge in [0.15, 0.2) is 0 Å². The van der Waals surface area contributed by atoms with E-state index in [1.807, 2.05) is 5.38 Å². The van der Waals surface area contributed by atoms with Gasteiger partial charge in [0.05, 0.1) is 15.8 Å². The first-order valence-electron chi connectivity index (χ1n) is 5.61. The monoisotopic (exact) mass is 294 g/mol. The van der Waals surface area contributed by atoms with Gasteiger partial charge < -0.3 is 5.11 Å². The highest BCUT2D eigenvalue weighted by Crippen LogP contribution is 2.26. The molecule has 0 fully saturated rings. The molecule has 19 heavy (non-hydrogen) atoms. The molecule has 1 atom stereocenters. The zero-order chi connectivity index (χ0) is 14.0. The molecule has 0 aliphatic heterocycles. The molecule has 0 aliphatic rings. The number of carbonyl (C=O) groups is 2. The fourth-order valence-corrected chi connectivity index (χ4v) is 2.62. The lowest BCUT2D eigenvalue weighted by Crippen LogP contribution is -2.08. The molecular formula is C14H11ClO3S. The number of halogens is 1. The third kappa shape index (κ3) is 2.85. The zero-order valence-electron chi connectivity index (χ0n) is 10.1. The van der Waals surface area contributed by atoms with Crippen molar-refractivity contribution in [3.05, 3.63) is 56.7 Å². The Morgan fingerprint density at radius 3 is 2.58 bits per heavy atom. The Balaban J connectivity index is 2.35. The van der Waals surface area contributed by atoms with Crippen LogP contribution in [0.25, 0.3) is 0 Å². The zero-order valence-corrected chi connectivity index (χ0v) is 11.7. The molecule has 3 nitrogen and oxygen atoms in total. The van der Waals surface area contributed by atoms with Crippen molar-refractivity contribution in [2.75, 3.05) is 0 Å². The van der Waals surface area contributed by atoms with Gasteiger partial charge in [0.2, 0.25) is 5.78 Å². The molecule has 0 amide bonds. The van der Waals surface area contributed by atoms with Gasteiger partial charge in [-0.1, -0.05) is 23.7 Å². The SMILES string of the molecule is CC(C(=O)O)c1ccc(C(=O)c2cccs2)c(Cl)c1. The van der Waals surface area contributed by atoms with Gasteiger partial charge in [-0.05, 0) is 36.1 Å². The maximum atomic E-state index is 12.2. The quantitative estimate of drug-likeness (QED) is 0.872. The van der Waals surface area contributed by atoms with Crippen LogP contribution in [-0.4, -0.2) is 16.9 Å². The highest BCUT2D eigenvalue weighted by molar-refractivity contribution is 7.12. The molecule has 1 unspecified atom stereocenters. The van der Waals surface area contributed by atoms with E-state index in [9.17, 15) is 9.59 Å². The topological polar surface area (TPSA) is 54.4 Å². The van der Waals surface area contributed by atoms with Crippen molar-refractivity contribution in [1.29, 1.82) is 0 Å². The molecule has 1 aromatic heterocycles. The molecule has 1 heterocycles. The molecule has 0 bridgehead atoms. The summed E-state index contributed by atoms with van der Waals surface area (Å²) in [5.74, 6) is -1.72. The third-order valence-corrected chi connectivity index (χ3v) is 4.03. The first-order chi connectivity index (χ1) is 9.00. The standard InChI is InChI=1S/C14H11ClO3S/c1-8(14(17)18)9-4-5-10(11(15)7-9)13(16)12-3-2-6-19-12/h2-8H,1H3,(H,17,18). The Labute approximate surface area is 119 Å². The third-order valence-electron chi connectivity index (χ3n) is 2.85. The maximum absolute atomic E-state index is 12.2. The number of thiophene rings is 1. The number of carboxylic acid groups (broad SMARTS) is 1. The summed E-state index contributed by atoms with van der Waals surface area (Å²) in [7, 11) is 0. The molecule has 0 aliphatic carbocycles. The van der Waals surface area contributed by atoms with E-state index >= 15 is 0 Å². The summed E-state index contributed by atoms with van der Waals surface area (Å²) in [6, 6.07) is 8.29. The minimum absolute atomic E-state index is 0.144. The van der Waals surface area contributed by atoms with Crippen LogP contribution in [-0.2, 0) is 4.79 Å². The van der Waals surface area contributed by atoms with Crippen LogP contribution in [0.4, 0.5) is 0 Å². The lowest BCUT2D eigenvalue weighted by molar-refractivity contribution is -0.138. The van der Waals surface area contributed by atoms with Crippen molar-refractivity contribution in [3.63, 3.8) is 0 Å². The number of hydrogen-bond donors (Lipinski definition) is 1. The van der Waals surface area contributed by atoms with Crippen molar-refractivity contribution >= 4 is 34.7 Å². The van der Waals surface area contributed by atoms with Crippen molar-refractivity contribution in [1.82, 2.24) is 0 Å². The Morgan fingerprint density at radius 2 is 2.05 bits per heavy atom. The van der Waals surface area contributed by atoms with E-state index in [0.717, 1.165) is 0 Å². The number of rotatable bonds is 4. The van der Waals surface area contributed by atoms with Crippen molar-refractivity contribution in [2.24, 2.45) is 0 Å². The molecule has 0 spiro atoms. The van der Waals surface area contributed by atoms with Gasteiger partial charge in [-0.3, -0.25) is 9.59 Å². The van der Waals surface area contributed by atoms with Gasteiger partial charge in [0, 0.05) is 5.56 Å². The fourth-order valence-electron chi connectivity index (χ4n) is 1.67.